The number of carbonyl (C=O) groups excluding carboxylic acids is 8. The number of amides is 6. The van der Waals surface area contributed by atoms with Crippen molar-refractivity contribution in [1.82, 2.24) is 66.4 Å². The van der Waals surface area contributed by atoms with E-state index in [1.54, 1.807) is 23.6 Å². The second kappa shape index (κ2) is 26.8. The molecule has 6 amide bonds. The number of aromatic nitrogens is 7. The van der Waals surface area contributed by atoms with Crippen molar-refractivity contribution in [2.45, 2.75) is 121 Å². The van der Waals surface area contributed by atoms with E-state index >= 15 is 9.59 Å². The highest BCUT2D eigenvalue weighted by Gasteiger charge is 2.56. The van der Waals surface area contributed by atoms with Crippen LogP contribution in [0.3, 0.4) is 0 Å². The van der Waals surface area contributed by atoms with Gasteiger partial charge in [-0.1, -0.05) is 18.7 Å². The molecule has 0 saturated carbocycles. The van der Waals surface area contributed by atoms with Gasteiger partial charge in [-0.25, -0.2) is 39.5 Å². The topological polar surface area (TPSA) is 424 Å². The number of carbonyl (C=O) groups is 8. The van der Waals surface area contributed by atoms with E-state index in [0.717, 1.165) is 56.7 Å². The van der Waals surface area contributed by atoms with Gasteiger partial charge in [0.1, 0.15) is 131 Å². The summed E-state index contributed by atoms with van der Waals surface area (Å²) in [4.78, 5) is 147. The van der Waals surface area contributed by atoms with Gasteiger partial charge < -0.3 is 80.7 Å². The van der Waals surface area contributed by atoms with Crippen LogP contribution in [0.4, 0.5) is 0 Å². The summed E-state index contributed by atoms with van der Waals surface area (Å²) >= 11 is 4.66. The summed E-state index contributed by atoms with van der Waals surface area (Å²) in [6.45, 7) is 10.6. The molecule has 31 nitrogen and oxygen atoms in total. The number of thiazole rings is 5. The molecule has 12 bridgehead atoms. The number of likely N-dealkylation sites (N-methyl/N-ethyl adjacent to an activating group) is 1. The Balaban J connectivity index is 0.975. The number of hydrogen-bond donors (Lipinski definition) is 9. The number of esters is 2. The predicted molar refractivity (Wildman–Crippen MR) is 352 cm³/mol. The number of aliphatic hydroxyl groups excluding tert-OH is 1. The van der Waals surface area contributed by atoms with E-state index < -0.39 is 126 Å². The number of cyclic esters (lactones) is 2. The zero-order chi connectivity index (χ0) is 69.3. The van der Waals surface area contributed by atoms with Crippen LogP contribution < -0.4 is 32.3 Å². The molecule has 0 aliphatic carbocycles. The van der Waals surface area contributed by atoms with Crippen molar-refractivity contribution >= 4 is 121 Å². The zero-order valence-corrected chi connectivity index (χ0v) is 56.9. The van der Waals surface area contributed by atoms with E-state index in [2.05, 4.69) is 58.0 Å². The van der Waals surface area contributed by atoms with E-state index in [1.165, 1.54) is 48.5 Å². The molecule has 36 heteroatoms. The molecule has 10 N–H and O–H groups in total. The van der Waals surface area contributed by atoms with Crippen molar-refractivity contribution in [1.29, 1.82) is 0 Å². The Hall–Kier alpha value is -9.34. The minimum absolute atomic E-state index is 0.00368. The van der Waals surface area contributed by atoms with Crippen LogP contribution in [-0.4, -0.2) is 173 Å². The molecule has 2 unspecified atom stereocenters. The fourth-order valence-corrected chi connectivity index (χ4v) is 16.4. The Bertz CT molecular complexity index is 4630. The molecule has 5 aliphatic rings. The number of fused-ring (bicyclic) bond motifs is 16. The highest BCUT2D eigenvalue weighted by molar-refractivity contribution is 7.14. The number of hydrogen-bond acceptors (Lipinski definition) is 29. The molecule has 12 heterocycles. The lowest BCUT2D eigenvalue weighted by Crippen LogP contribution is -2.58. The average Bonchev–Trinajstić information content (AvgIpc) is 1.60. The summed E-state index contributed by atoms with van der Waals surface area (Å²) in [6, 6.07) is 1.69. The summed E-state index contributed by atoms with van der Waals surface area (Å²) in [6.07, 6.45) is -6.87. The number of rotatable bonds is 8. The lowest BCUT2D eigenvalue weighted by molar-refractivity contribution is -0.269. The van der Waals surface area contributed by atoms with E-state index in [-0.39, 0.29) is 118 Å². The van der Waals surface area contributed by atoms with Gasteiger partial charge in [0.25, 0.3) is 29.5 Å². The van der Waals surface area contributed by atoms with Crippen LogP contribution >= 0.6 is 56.7 Å². The van der Waals surface area contributed by atoms with Gasteiger partial charge in [-0.3, -0.25) is 33.7 Å². The van der Waals surface area contributed by atoms with Crippen molar-refractivity contribution < 1.29 is 81.7 Å². The minimum atomic E-state index is -1.79. The van der Waals surface area contributed by atoms with Gasteiger partial charge in [-0.05, 0) is 59.4 Å². The fraction of sp³-hybridized carbons (Fsp3) is 0.355. The molecule has 13 rings (SSSR count). The number of nitrogens with zero attached hydrogens (tertiary/aromatic N) is 7. The van der Waals surface area contributed by atoms with Crippen LogP contribution in [0.25, 0.3) is 49.3 Å². The molecular weight excluding hydrogens is 1370 g/mol. The van der Waals surface area contributed by atoms with Gasteiger partial charge in [-0.15, -0.1) is 56.7 Å². The first-order valence-electron chi connectivity index (χ1n) is 30.1. The highest BCUT2D eigenvalue weighted by atomic mass is 32.1. The number of primary amides is 1. The van der Waals surface area contributed by atoms with Gasteiger partial charge in [0.2, 0.25) is 5.91 Å². The van der Waals surface area contributed by atoms with Crippen molar-refractivity contribution in [2.75, 3.05) is 20.8 Å². The van der Waals surface area contributed by atoms with Crippen molar-refractivity contribution in [3.63, 3.8) is 0 Å². The Labute approximate surface area is 575 Å². The second-order valence-electron chi connectivity index (χ2n) is 23.6. The molecule has 8 aromatic rings. The van der Waals surface area contributed by atoms with Gasteiger partial charge in [0.15, 0.2) is 12.4 Å². The normalized spacial score (nSPS) is 25.5. The molecule has 1 aromatic carbocycles. The van der Waals surface area contributed by atoms with Crippen LogP contribution in [0.2, 0.25) is 0 Å². The highest BCUT2D eigenvalue weighted by Crippen LogP contribution is 2.45. The number of H-pyrrole nitrogens is 1. The maximum atomic E-state index is 15.2. The van der Waals surface area contributed by atoms with Gasteiger partial charge >= 0.3 is 11.9 Å². The number of ether oxygens (including phenoxy) is 7. The monoisotopic (exact) mass is 1430 g/mol. The Morgan fingerprint density at radius 2 is 1.53 bits per heavy atom. The van der Waals surface area contributed by atoms with Crippen molar-refractivity contribution in [3.05, 3.63) is 124 Å². The number of allylic oxidation sites excluding steroid dienone is 1. The van der Waals surface area contributed by atoms with Crippen LogP contribution in [0.5, 0.6) is 5.75 Å². The summed E-state index contributed by atoms with van der Waals surface area (Å²) < 4.78 is 44.8. The Morgan fingerprint density at radius 3 is 2.29 bits per heavy atom. The molecular formula is C62H60N14O17S5. The first-order chi connectivity index (χ1) is 46.8. The predicted octanol–water partition coefficient (Wildman–Crippen LogP) is 4.93. The van der Waals surface area contributed by atoms with Crippen LogP contribution in [0.15, 0.2) is 69.2 Å². The van der Waals surface area contributed by atoms with Gasteiger partial charge in [0, 0.05) is 55.4 Å². The number of pyridine rings is 1. The second-order valence-corrected chi connectivity index (χ2v) is 27.9. The molecule has 510 valence electrons. The molecule has 0 radical (unpaired) electrons. The molecule has 5 aliphatic heterocycles. The summed E-state index contributed by atoms with van der Waals surface area (Å²) in [5.41, 5.74) is 4.17. The number of aliphatic hydroxyl groups is 1. The third-order valence-corrected chi connectivity index (χ3v) is 21.5. The molecule has 98 heavy (non-hydrogen) atoms. The molecule has 7 aromatic heterocycles. The van der Waals surface area contributed by atoms with Gasteiger partial charge in [-0.2, -0.15) is 0 Å². The number of aromatic hydroxyl groups is 1. The zero-order valence-electron chi connectivity index (χ0n) is 52.8. The lowest BCUT2D eigenvalue weighted by atomic mass is 9.86. The van der Waals surface area contributed by atoms with Crippen molar-refractivity contribution in [2.24, 2.45) is 5.73 Å². The largest absolute Gasteiger partial charge is 0.506 e. The first kappa shape index (κ1) is 67.2. The third kappa shape index (κ3) is 12.8. The molecule has 2 fully saturated rings. The smallest absolute Gasteiger partial charge is 0.355 e. The van der Waals surface area contributed by atoms with Crippen LogP contribution in [0, 0.1) is 0 Å². The maximum Gasteiger partial charge on any atom is 0.355 e. The number of benzene rings is 1. The molecule has 11 atom stereocenters. The van der Waals surface area contributed by atoms with Crippen LogP contribution in [0.1, 0.15) is 132 Å². The maximum absolute atomic E-state index is 15.2. The number of nitrogens with one attached hydrogen (secondary N) is 6. The van der Waals surface area contributed by atoms with E-state index in [9.17, 15) is 39.0 Å². The van der Waals surface area contributed by atoms with E-state index in [1.807, 2.05) is 27.8 Å². The SMILES string of the molecule is C=C(NC(=O)c1csc(-c2nc3c(cc2O)-c2nc(cs2)C(=O)N[C@@H]([C@@H](C)O)C(=O)NC(=C(C)OC)c2nc(cs2)C(=O)N[C@@H]2c4nc(cs4)C(=O)N[C@@H](COC(=O)c4[nH]c5cccc6c5c4COC2[C@H](O[C@H]2C[C@]4(C)OC(C)N(C)[C@@H]4[C@H](C)O2)C(=O)OC6)c2nc-3cs2)n1)C(N)=O. The number of aromatic amines is 1. The Morgan fingerprint density at radius 1 is 0.847 bits per heavy atom. The average molecular weight is 1430 g/mol. The van der Waals surface area contributed by atoms with Gasteiger partial charge in [0.05, 0.1) is 43.3 Å². The first-order valence-corrected chi connectivity index (χ1v) is 34.5. The third-order valence-electron chi connectivity index (χ3n) is 17.1. The summed E-state index contributed by atoms with van der Waals surface area (Å²) in [7, 11) is 3.25. The number of methoxy groups -OCH3 is 1. The fourth-order valence-electron chi connectivity index (χ4n) is 12.2. The van der Waals surface area contributed by atoms with Crippen LogP contribution in [-0.2, 0) is 60.8 Å². The van der Waals surface area contributed by atoms with Crippen molar-refractivity contribution in [3.8, 4) is 38.4 Å². The molecule has 0 spiro atoms. The lowest BCUT2D eigenvalue weighted by Gasteiger charge is -2.45. The Kier molecular flexibility index (Phi) is 18.4. The summed E-state index contributed by atoms with van der Waals surface area (Å²) in [5, 5.41) is 44.1. The minimum Gasteiger partial charge on any atom is -0.506 e. The van der Waals surface area contributed by atoms with E-state index in [0.29, 0.717) is 16.5 Å². The number of nitrogens with two attached hydrogens (primary N) is 1. The van der Waals surface area contributed by atoms with E-state index in [4.69, 9.17) is 53.8 Å². The molecule has 2 saturated heterocycles. The summed E-state index contributed by atoms with van der Waals surface area (Å²) in [5.74, 6) is -7.67. The quantitative estimate of drug-likeness (QED) is 0.0553. The standard InChI is InChI=1S/C62H60N14O17S5/c1-22(49(63)79)64-50(80)33-19-97-58(70-33)44-37(78)12-28-42(72-44)32-17-95-56(67-32)31-16-90-60(85)43-29-15-88-46(47(61(86)89-14-27-10-9-11-30(65-43)39(27)29)92-38-13-62(6)48(25(4)91-38)76(7)26(5)93-62)45(59-71-34(20-98-59)51(81)66-31)75-53(83)36-21-96-57(69-36)41(24(3)87-8)74-54(84)40(23(2)77)73-52(82)35-18-94-55(28)68-35/h9-12,17-21,23,25-26,31,38,40,45-48,65,77-78H,1,13-16H2,2-8H3,(H2,63,79)(H,64,80)(H,66,81)(H,73,82)(H,74,84)(H,75,83)/t23-,25+,26?,31+,38+,40+,45+,46?,47+,48-,62+/m1/s1.